The van der Waals surface area contributed by atoms with E-state index in [9.17, 15) is 4.79 Å². The van der Waals surface area contributed by atoms with E-state index in [-0.39, 0.29) is 6.04 Å². The van der Waals surface area contributed by atoms with Gasteiger partial charge < -0.3 is 4.90 Å². The number of hydrogen-bond donors (Lipinski definition) is 0. The minimum atomic E-state index is 0.0299. The fourth-order valence-electron chi connectivity index (χ4n) is 2.96. The highest BCUT2D eigenvalue weighted by Gasteiger charge is 2.26. The number of carbonyl (C=O) groups is 1. The monoisotopic (exact) mass is 288 g/mol. The van der Waals surface area contributed by atoms with Gasteiger partial charge in [-0.2, -0.15) is 0 Å². The van der Waals surface area contributed by atoms with Crippen LogP contribution in [0.3, 0.4) is 0 Å². The lowest BCUT2D eigenvalue weighted by molar-refractivity contribution is -0.123. The lowest BCUT2D eigenvalue weighted by atomic mass is 9.98. The van der Waals surface area contributed by atoms with E-state index in [2.05, 4.69) is 62.0 Å². The van der Waals surface area contributed by atoms with Crippen LogP contribution in [0.15, 0.2) is 24.3 Å². The predicted octanol–water partition coefficient (Wildman–Crippen LogP) is 2.56. The van der Waals surface area contributed by atoms with Crippen LogP contribution in [0.25, 0.3) is 0 Å². The summed E-state index contributed by atoms with van der Waals surface area (Å²) in [5.74, 6) is 0.875. The van der Waals surface area contributed by atoms with E-state index in [1.54, 1.807) is 0 Å². The molecule has 21 heavy (non-hydrogen) atoms. The molecule has 116 valence electrons. The number of carbonyl (C=O) groups excluding carboxylic acids is 1. The number of ketones is 1. The second kappa shape index (κ2) is 7.19. The molecular formula is C18H28N2O. The molecule has 0 spiro atoms. The number of rotatable bonds is 4. The summed E-state index contributed by atoms with van der Waals surface area (Å²) < 4.78 is 0. The second-order valence-electron chi connectivity index (χ2n) is 6.65. The van der Waals surface area contributed by atoms with Gasteiger partial charge in [-0.3, -0.25) is 9.69 Å². The second-order valence-corrected chi connectivity index (χ2v) is 6.65. The van der Waals surface area contributed by atoms with Crippen molar-refractivity contribution in [2.75, 3.05) is 33.7 Å². The quantitative estimate of drug-likeness (QED) is 0.851. The first-order valence-corrected chi connectivity index (χ1v) is 7.97. The largest absolute Gasteiger partial charge is 0.304 e. The molecule has 3 nitrogen and oxygen atoms in total. The van der Waals surface area contributed by atoms with E-state index in [1.807, 2.05) is 0 Å². The minimum absolute atomic E-state index is 0.0299. The minimum Gasteiger partial charge on any atom is -0.304 e. The number of nitrogens with zero attached hydrogens (tertiary/aromatic N) is 2. The molecule has 1 aliphatic rings. The van der Waals surface area contributed by atoms with Gasteiger partial charge in [0, 0.05) is 13.0 Å². The average molecular weight is 288 g/mol. The summed E-state index contributed by atoms with van der Waals surface area (Å²) in [5.41, 5.74) is 2.46. The zero-order valence-corrected chi connectivity index (χ0v) is 13.8. The van der Waals surface area contributed by atoms with E-state index < -0.39 is 0 Å². The third kappa shape index (κ3) is 4.39. The van der Waals surface area contributed by atoms with E-state index in [4.69, 9.17) is 0 Å². The molecule has 1 fully saturated rings. The smallest absolute Gasteiger partial charge is 0.155 e. The number of likely N-dealkylation sites (N-methyl/N-ethyl adjacent to an activating group) is 2. The molecule has 1 saturated heterocycles. The highest BCUT2D eigenvalue weighted by atomic mass is 16.1. The van der Waals surface area contributed by atoms with Crippen molar-refractivity contribution in [3.63, 3.8) is 0 Å². The molecule has 0 N–H and O–H groups in total. The molecule has 2 rings (SSSR count). The Morgan fingerprint density at radius 1 is 1.19 bits per heavy atom. The third-order valence-electron chi connectivity index (χ3n) is 4.46. The molecule has 1 aliphatic heterocycles. The molecule has 0 aromatic heterocycles. The molecule has 1 aromatic rings. The maximum absolute atomic E-state index is 12.6. The molecule has 0 aliphatic carbocycles. The van der Waals surface area contributed by atoms with Crippen molar-refractivity contribution in [3.05, 3.63) is 35.4 Å². The first-order chi connectivity index (χ1) is 9.97. The number of Topliss-reactive ketones (excluding diaryl/α,β-unsaturated/α-hetero) is 1. The average Bonchev–Trinajstić information content (AvgIpc) is 2.61. The fourth-order valence-corrected chi connectivity index (χ4v) is 2.96. The zero-order valence-electron chi connectivity index (χ0n) is 13.8. The van der Waals surface area contributed by atoms with Gasteiger partial charge >= 0.3 is 0 Å². The van der Waals surface area contributed by atoms with Gasteiger partial charge in [-0.05, 0) is 50.7 Å². The van der Waals surface area contributed by atoms with E-state index in [0.29, 0.717) is 18.1 Å². The lowest BCUT2D eigenvalue weighted by Gasteiger charge is -2.26. The molecule has 0 radical (unpaired) electrons. The third-order valence-corrected chi connectivity index (χ3v) is 4.46. The maximum Gasteiger partial charge on any atom is 0.155 e. The van der Waals surface area contributed by atoms with Crippen molar-refractivity contribution in [2.45, 2.75) is 38.6 Å². The van der Waals surface area contributed by atoms with Crippen LogP contribution in [0.1, 0.15) is 37.3 Å². The van der Waals surface area contributed by atoms with Gasteiger partial charge in [0.25, 0.3) is 0 Å². The fraction of sp³-hybridized carbons (Fsp3) is 0.611. The maximum atomic E-state index is 12.6. The molecule has 1 atom stereocenters. The van der Waals surface area contributed by atoms with Crippen LogP contribution in [0, 0.1) is 0 Å². The first kappa shape index (κ1) is 16.2. The summed E-state index contributed by atoms with van der Waals surface area (Å²) in [5, 5.41) is 0. The molecule has 1 unspecified atom stereocenters. The van der Waals surface area contributed by atoms with Gasteiger partial charge in [0.1, 0.15) is 0 Å². The van der Waals surface area contributed by atoms with Crippen molar-refractivity contribution >= 4 is 5.78 Å². The summed E-state index contributed by atoms with van der Waals surface area (Å²) in [4.78, 5) is 17.1. The summed E-state index contributed by atoms with van der Waals surface area (Å²) >= 11 is 0. The Labute approximate surface area is 128 Å². The Balaban J connectivity index is 2.02. The van der Waals surface area contributed by atoms with E-state index in [1.165, 1.54) is 5.56 Å². The molecule has 0 bridgehead atoms. The standard InChI is InChI=1S/C18H28N2O/c1-14(2)16-8-6-15(7-9-16)12-18(21)17-13-19(3)10-5-11-20(17)4/h6-9,14,17H,5,10-13H2,1-4H3. The molecular weight excluding hydrogens is 260 g/mol. The van der Waals surface area contributed by atoms with Gasteiger partial charge in [-0.25, -0.2) is 0 Å². The van der Waals surface area contributed by atoms with E-state index >= 15 is 0 Å². The van der Waals surface area contributed by atoms with Crippen LogP contribution in [0.5, 0.6) is 0 Å². The van der Waals surface area contributed by atoms with Gasteiger partial charge in [0.05, 0.1) is 6.04 Å². The molecule has 0 amide bonds. The summed E-state index contributed by atoms with van der Waals surface area (Å²) in [6.45, 7) is 7.32. The molecule has 1 aromatic carbocycles. The van der Waals surface area contributed by atoms with Crippen LogP contribution in [-0.4, -0.2) is 55.4 Å². The van der Waals surface area contributed by atoms with Gasteiger partial charge in [-0.15, -0.1) is 0 Å². The Bertz CT molecular complexity index is 467. The normalized spacial score (nSPS) is 21.5. The van der Waals surface area contributed by atoms with Gasteiger partial charge in [0.15, 0.2) is 5.78 Å². The van der Waals surface area contributed by atoms with E-state index in [0.717, 1.165) is 31.6 Å². The predicted molar refractivity (Wildman–Crippen MR) is 87.8 cm³/mol. The van der Waals surface area contributed by atoms with Crippen LogP contribution < -0.4 is 0 Å². The van der Waals surface area contributed by atoms with Gasteiger partial charge in [-0.1, -0.05) is 38.1 Å². The number of benzene rings is 1. The van der Waals surface area contributed by atoms with Crippen LogP contribution in [0.4, 0.5) is 0 Å². The summed E-state index contributed by atoms with van der Waals surface area (Å²) in [7, 11) is 4.18. The summed E-state index contributed by atoms with van der Waals surface area (Å²) in [6.07, 6.45) is 1.68. The Kier molecular flexibility index (Phi) is 5.54. The Morgan fingerprint density at radius 3 is 2.48 bits per heavy atom. The lowest BCUT2D eigenvalue weighted by Crippen LogP contribution is -2.44. The van der Waals surface area contributed by atoms with Crippen LogP contribution in [-0.2, 0) is 11.2 Å². The Morgan fingerprint density at radius 2 is 1.86 bits per heavy atom. The number of hydrogen-bond acceptors (Lipinski definition) is 3. The van der Waals surface area contributed by atoms with Crippen molar-refractivity contribution in [1.29, 1.82) is 0 Å². The van der Waals surface area contributed by atoms with Crippen molar-refractivity contribution in [1.82, 2.24) is 9.80 Å². The van der Waals surface area contributed by atoms with Crippen molar-refractivity contribution in [2.24, 2.45) is 0 Å². The van der Waals surface area contributed by atoms with Crippen molar-refractivity contribution in [3.8, 4) is 0 Å². The highest BCUT2D eigenvalue weighted by molar-refractivity contribution is 5.86. The van der Waals surface area contributed by atoms with Crippen LogP contribution in [0.2, 0.25) is 0 Å². The topological polar surface area (TPSA) is 23.6 Å². The molecule has 0 saturated carbocycles. The van der Waals surface area contributed by atoms with Crippen LogP contribution >= 0.6 is 0 Å². The highest BCUT2D eigenvalue weighted by Crippen LogP contribution is 2.16. The zero-order chi connectivity index (χ0) is 15.4. The Hall–Kier alpha value is -1.19. The SMILES string of the molecule is CC(C)c1ccc(CC(=O)C2CN(C)CCCN2C)cc1. The van der Waals surface area contributed by atoms with Crippen molar-refractivity contribution < 1.29 is 4.79 Å². The van der Waals surface area contributed by atoms with Gasteiger partial charge in [0.2, 0.25) is 0 Å². The summed E-state index contributed by atoms with van der Waals surface area (Å²) in [6, 6.07) is 8.54. The first-order valence-electron chi connectivity index (χ1n) is 7.97. The molecule has 1 heterocycles. The molecule has 3 heteroatoms.